The van der Waals surface area contributed by atoms with E-state index in [1.165, 1.54) is 27.5 Å². The number of rotatable bonds is 3. The largest absolute Gasteiger partial charge is 0.378 e. The van der Waals surface area contributed by atoms with Gasteiger partial charge < -0.3 is 5.73 Å². The van der Waals surface area contributed by atoms with Gasteiger partial charge in [0.25, 0.3) is 0 Å². The van der Waals surface area contributed by atoms with Crippen LogP contribution in [0.25, 0.3) is 10.8 Å². The van der Waals surface area contributed by atoms with Gasteiger partial charge in [-0.1, -0.05) is 60.3 Å². The van der Waals surface area contributed by atoms with E-state index in [-0.39, 0.29) is 0 Å². The Morgan fingerprint density at radius 3 is 2.43 bits per heavy atom. The predicted molar refractivity (Wildman–Crippen MR) is 102 cm³/mol. The molecular formula is C20H20N2S. The maximum atomic E-state index is 6.11. The molecule has 0 heterocycles. The average Bonchev–Trinajstić information content (AvgIpc) is 2.52. The quantitative estimate of drug-likeness (QED) is 0.523. The van der Waals surface area contributed by atoms with Gasteiger partial charge in [-0.05, 0) is 53.4 Å². The summed E-state index contributed by atoms with van der Waals surface area (Å²) < 4.78 is 0. The van der Waals surface area contributed by atoms with E-state index in [2.05, 4.69) is 79.5 Å². The molecule has 3 aromatic rings. The summed E-state index contributed by atoms with van der Waals surface area (Å²) in [6.07, 6.45) is 0. The number of amidine groups is 1. The van der Waals surface area contributed by atoms with Crippen LogP contribution in [-0.2, 0) is 5.75 Å². The van der Waals surface area contributed by atoms with Crippen LogP contribution in [0.1, 0.15) is 16.7 Å². The van der Waals surface area contributed by atoms with E-state index in [1.54, 1.807) is 11.8 Å². The van der Waals surface area contributed by atoms with E-state index < -0.39 is 0 Å². The third kappa shape index (κ3) is 3.93. The van der Waals surface area contributed by atoms with Gasteiger partial charge in [-0.3, -0.25) is 0 Å². The van der Waals surface area contributed by atoms with Gasteiger partial charge in [0.1, 0.15) is 0 Å². The lowest BCUT2D eigenvalue weighted by molar-refractivity contribution is 1.36. The van der Waals surface area contributed by atoms with Crippen molar-refractivity contribution >= 4 is 33.4 Å². The molecule has 0 spiro atoms. The molecule has 0 aromatic heterocycles. The van der Waals surface area contributed by atoms with Gasteiger partial charge in [0.05, 0.1) is 5.69 Å². The molecule has 3 aromatic carbocycles. The normalized spacial score (nSPS) is 11.8. The van der Waals surface area contributed by atoms with Crippen molar-refractivity contribution in [1.82, 2.24) is 0 Å². The fourth-order valence-electron chi connectivity index (χ4n) is 2.74. The number of aryl methyl sites for hydroxylation is 2. The molecule has 0 atom stereocenters. The Kier molecular flexibility index (Phi) is 4.68. The molecule has 0 saturated heterocycles. The molecule has 0 aliphatic rings. The molecule has 0 bridgehead atoms. The number of nitrogens with zero attached hydrogens (tertiary/aromatic N) is 1. The SMILES string of the molecule is Cc1cc(C)cc(N=C(N)SCc2cccc3ccccc23)c1. The zero-order valence-electron chi connectivity index (χ0n) is 13.4. The molecule has 23 heavy (non-hydrogen) atoms. The Labute approximate surface area is 141 Å². The van der Waals surface area contributed by atoms with Crippen LogP contribution < -0.4 is 5.73 Å². The third-order valence-corrected chi connectivity index (χ3v) is 4.54. The van der Waals surface area contributed by atoms with E-state index in [1.807, 2.05) is 0 Å². The van der Waals surface area contributed by atoms with Gasteiger partial charge in [-0.15, -0.1) is 0 Å². The van der Waals surface area contributed by atoms with Gasteiger partial charge in [-0.25, -0.2) is 4.99 Å². The first-order chi connectivity index (χ1) is 11.1. The van der Waals surface area contributed by atoms with E-state index >= 15 is 0 Å². The minimum atomic E-state index is 0.600. The zero-order chi connectivity index (χ0) is 16.2. The summed E-state index contributed by atoms with van der Waals surface area (Å²) in [4.78, 5) is 4.53. The van der Waals surface area contributed by atoms with Crippen LogP contribution in [0.3, 0.4) is 0 Å². The van der Waals surface area contributed by atoms with E-state index in [0.29, 0.717) is 5.17 Å². The highest BCUT2D eigenvalue weighted by molar-refractivity contribution is 8.13. The fraction of sp³-hybridized carbons (Fsp3) is 0.150. The molecule has 0 saturated carbocycles. The summed E-state index contributed by atoms with van der Waals surface area (Å²) in [7, 11) is 0. The van der Waals surface area contributed by atoms with Crippen LogP contribution in [0.2, 0.25) is 0 Å². The maximum Gasteiger partial charge on any atom is 0.159 e. The van der Waals surface area contributed by atoms with Crippen molar-refractivity contribution < 1.29 is 0 Å². The second-order valence-electron chi connectivity index (χ2n) is 5.72. The predicted octanol–water partition coefficient (Wildman–Crippen LogP) is 5.34. The molecule has 116 valence electrons. The number of hydrogen-bond donors (Lipinski definition) is 1. The molecule has 0 amide bonds. The molecule has 0 radical (unpaired) electrons. The first-order valence-electron chi connectivity index (χ1n) is 7.64. The molecule has 3 heteroatoms. The number of benzene rings is 3. The molecular weight excluding hydrogens is 300 g/mol. The second kappa shape index (κ2) is 6.88. The van der Waals surface area contributed by atoms with Crippen molar-refractivity contribution in [2.24, 2.45) is 10.7 Å². The molecule has 0 unspecified atom stereocenters. The Balaban J connectivity index is 1.77. The summed E-state index contributed by atoms with van der Waals surface area (Å²) >= 11 is 1.58. The van der Waals surface area contributed by atoms with Crippen LogP contribution >= 0.6 is 11.8 Å². The summed E-state index contributed by atoms with van der Waals surface area (Å²) in [5.41, 5.74) is 10.7. The Morgan fingerprint density at radius 2 is 1.65 bits per heavy atom. The van der Waals surface area contributed by atoms with Crippen molar-refractivity contribution in [1.29, 1.82) is 0 Å². The van der Waals surface area contributed by atoms with Crippen molar-refractivity contribution in [2.75, 3.05) is 0 Å². The van der Waals surface area contributed by atoms with Gasteiger partial charge in [-0.2, -0.15) is 0 Å². The highest BCUT2D eigenvalue weighted by Gasteiger charge is 2.03. The molecule has 3 rings (SSSR count). The van der Waals surface area contributed by atoms with Crippen molar-refractivity contribution in [3.63, 3.8) is 0 Å². The van der Waals surface area contributed by atoms with E-state index in [4.69, 9.17) is 5.73 Å². The summed E-state index contributed by atoms with van der Waals surface area (Å²) in [6.45, 7) is 4.15. The number of fused-ring (bicyclic) bond motifs is 1. The lowest BCUT2D eigenvalue weighted by atomic mass is 10.1. The summed E-state index contributed by atoms with van der Waals surface area (Å²) in [5, 5.41) is 3.14. The standard InChI is InChI=1S/C20H20N2S/c1-14-10-15(2)12-18(11-14)22-20(21)23-13-17-8-5-7-16-6-3-4-9-19(16)17/h3-12H,13H2,1-2H3,(H2,21,22). The zero-order valence-corrected chi connectivity index (χ0v) is 14.2. The summed E-state index contributed by atoms with van der Waals surface area (Å²) in [5.74, 6) is 0.821. The molecule has 0 aliphatic heterocycles. The second-order valence-corrected chi connectivity index (χ2v) is 6.72. The molecule has 2 nitrogen and oxygen atoms in total. The smallest absolute Gasteiger partial charge is 0.159 e. The van der Waals surface area contributed by atoms with Gasteiger partial charge in [0.2, 0.25) is 0 Å². The van der Waals surface area contributed by atoms with Crippen LogP contribution in [0.4, 0.5) is 5.69 Å². The average molecular weight is 320 g/mol. The van der Waals surface area contributed by atoms with Crippen LogP contribution in [-0.4, -0.2) is 5.17 Å². The first-order valence-corrected chi connectivity index (χ1v) is 8.62. The monoisotopic (exact) mass is 320 g/mol. The number of hydrogen-bond acceptors (Lipinski definition) is 2. The van der Waals surface area contributed by atoms with Crippen molar-refractivity contribution in [2.45, 2.75) is 19.6 Å². The van der Waals surface area contributed by atoms with Gasteiger partial charge in [0, 0.05) is 5.75 Å². The van der Waals surface area contributed by atoms with Crippen molar-refractivity contribution in [3.05, 3.63) is 77.4 Å². The Morgan fingerprint density at radius 1 is 0.957 bits per heavy atom. The minimum absolute atomic E-state index is 0.600. The topological polar surface area (TPSA) is 38.4 Å². The van der Waals surface area contributed by atoms with E-state index in [0.717, 1.165) is 11.4 Å². The van der Waals surface area contributed by atoms with Gasteiger partial charge in [0.15, 0.2) is 5.17 Å². The number of nitrogens with two attached hydrogens (primary N) is 1. The third-order valence-electron chi connectivity index (χ3n) is 3.70. The lowest BCUT2D eigenvalue weighted by Gasteiger charge is -2.06. The minimum Gasteiger partial charge on any atom is -0.378 e. The highest BCUT2D eigenvalue weighted by Crippen LogP contribution is 2.24. The Hall–Kier alpha value is -2.26. The van der Waals surface area contributed by atoms with Crippen LogP contribution in [0.5, 0.6) is 0 Å². The maximum absolute atomic E-state index is 6.11. The molecule has 0 aliphatic carbocycles. The number of thioether (sulfide) groups is 1. The number of aliphatic imine (C=N–C) groups is 1. The van der Waals surface area contributed by atoms with Crippen LogP contribution in [0, 0.1) is 13.8 Å². The lowest BCUT2D eigenvalue weighted by Crippen LogP contribution is -2.06. The molecule has 0 fully saturated rings. The van der Waals surface area contributed by atoms with Crippen molar-refractivity contribution in [3.8, 4) is 0 Å². The first kappa shape index (κ1) is 15.6. The van der Waals surface area contributed by atoms with Gasteiger partial charge >= 0.3 is 0 Å². The highest BCUT2D eigenvalue weighted by atomic mass is 32.2. The van der Waals surface area contributed by atoms with E-state index in [9.17, 15) is 0 Å². The Bertz CT molecular complexity index is 843. The fourth-order valence-corrected chi connectivity index (χ4v) is 3.47. The molecule has 2 N–H and O–H groups in total. The summed E-state index contributed by atoms with van der Waals surface area (Å²) in [6, 6.07) is 21.1. The van der Waals surface area contributed by atoms with Crippen LogP contribution in [0.15, 0.2) is 65.7 Å².